The molecule has 1 unspecified atom stereocenters. The average Bonchev–Trinajstić information content (AvgIpc) is 2.51. The van der Waals surface area contributed by atoms with Gasteiger partial charge in [-0.2, -0.15) is 0 Å². The molecule has 0 saturated carbocycles. The fourth-order valence-corrected chi connectivity index (χ4v) is 2.82. The smallest absolute Gasteiger partial charge is 0.145 e. The van der Waals surface area contributed by atoms with Gasteiger partial charge in [0.15, 0.2) is 0 Å². The number of hydrogen-bond acceptors (Lipinski definition) is 1. The van der Waals surface area contributed by atoms with E-state index in [1.54, 1.807) is 18.2 Å². The number of halogens is 2. The van der Waals surface area contributed by atoms with E-state index in [1.807, 2.05) is 42.5 Å². The van der Waals surface area contributed by atoms with Gasteiger partial charge in [0.1, 0.15) is 5.82 Å². The quantitative estimate of drug-likeness (QED) is 0.733. The van der Waals surface area contributed by atoms with Crippen molar-refractivity contribution in [3.8, 4) is 0 Å². The minimum Gasteiger partial charge on any atom is -0.324 e. The zero-order valence-electron chi connectivity index (χ0n) is 11.4. The number of fused-ring (bicyclic) bond motifs is 1. The first-order valence-corrected chi connectivity index (χ1v) is 7.21. The van der Waals surface area contributed by atoms with Crippen LogP contribution in [0, 0.1) is 5.82 Å². The van der Waals surface area contributed by atoms with E-state index in [0.29, 0.717) is 12.0 Å². The molecular formula is C18H15ClFN. The predicted molar refractivity (Wildman–Crippen MR) is 86.0 cm³/mol. The third-order valence-electron chi connectivity index (χ3n) is 3.69. The lowest BCUT2D eigenvalue weighted by molar-refractivity contribution is 0.594. The molecule has 106 valence electrons. The average molecular weight is 300 g/mol. The molecule has 0 amide bonds. The van der Waals surface area contributed by atoms with Crippen molar-refractivity contribution in [3.63, 3.8) is 0 Å². The first kappa shape index (κ1) is 14.1. The lowest BCUT2D eigenvalue weighted by atomic mass is 9.94. The van der Waals surface area contributed by atoms with Crippen molar-refractivity contribution in [1.82, 2.24) is 0 Å². The Morgan fingerprint density at radius 1 is 0.952 bits per heavy atom. The van der Waals surface area contributed by atoms with Crippen molar-refractivity contribution in [2.45, 2.75) is 12.5 Å². The molecule has 0 spiro atoms. The Morgan fingerprint density at radius 2 is 1.67 bits per heavy atom. The molecule has 0 heterocycles. The first-order valence-electron chi connectivity index (χ1n) is 6.83. The summed E-state index contributed by atoms with van der Waals surface area (Å²) in [6, 6.07) is 18.8. The monoisotopic (exact) mass is 299 g/mol. The van der Waals surface area contributed by atoms with Gasteiger partial charge < -0.3 is 5.73 Å². The Hall–Kier alpha value is -1.90. The highest BCUT2D eigenvalue weighted by Gasteiger charge is 2.14. The van der Waals surface area contributed by atoms with Crippen LogP contribution in [0.1, 0.15) is 17.2 Å². The molecule has 3 aromatic carbocycles. The summed E-state index contributed by atoms with van der Waals surface area (Å²) in [5.41, 5.74) is 7.87. The Labute approximate surface area is 128 Å². The molecule has 0 aliphatic carbocycles. The highest BCUT2D eigenvalue weighted by atomic mass is 35.5. The second-order valence-corrected chi connectivity index (χ2v) is 5.50. The summed E-state index contributed by atoms with van der Waals surface area (Å²) >= 11 is 5.82. The third-order valence-corrected chi connectivity index (χ3v) is 3.99. The fraction of sp³-hybridized carbons (Fsp3) is 0.111. The van der Waals surface area contributed by atoms with Crippen molar-refractivity contribution in [3.05, 3.63) is 82.6 Å². The molecule has 0 bridgehead atoms. The van der Waals surface area contributed by atoms with Gasteiger partial charge in [-0.05, 0) is 34.4 Å². The maximum absolute atomic E-state index is 14.0. The van der Waals surface area contributed by atoms with Gasteiger partial charge in [0.05, 0.1) is 5.02 Å². The van der Waals surface area contributed by atoms with Crippen LogP contribution in [0.4, 0.5) is 4.39 Å². The van der Waals surface area contributed by atoms with E-state index in [9.17, 15) is 4.39 Å². The van der Waals surface area contributed by atoms with Crippen molar-refractivity contribution in [2.24, 2.45) is 5.73 Å². The largest absolute Gasteiger partial charge is 0.324 e. The first-order chi connectivity index (χ1) is 10.2. The van der Waals surface area contributed by atoms with Crippen LogP contribution in [0.25, 0.3) is 10.8 Å². The van der Waals surface area contributed by atoms with Gasteiger partial charge in [-0.15, -0.1) is 0 Å². The molecule has 1 atom stereocenters. The molecule has 0 fully saturated rings. The van der Waals surface area contributed by atoms with Crippen molar-refractivity contribution in [1.29, 1.82) is 0 Å². The highest BCUT2D eigenvalue weighted by molar-refractivity contribution is 6.30. The van der Waals surface area contributed by atoms with Gasteiger partial charge in [0.2, 0.25) is 0 Å². The maximum Gasteiger partial charge on any atom is 0.145 e. The minimum atomic E-state index is -0.380. The zero-order valence-corrected chi connectivity index (χ0v) is 12.1. The van der Waals surface area contributed by atoms with Gasteiger partial charge in [-0.1, -0.05) is 66.2 Å². The van der Waals surface area contributed by atoms with Gasteiger partial charge >= 0.3 is 0 Å². The minimum absolute atomic E-state index is 0.137. The van der Waals surface area contributed by atoms with Gasteiger partial charge in [-0.3, -0.25) is 0 Å². The second kappa shape index (κ2) is 5.84. The predicted octanol–water partition coefficient (Wildman–Crippen LogP) is 4.87. The van der Waals surface area contributed by atoms with Crippen molar-refractivity contribution in [2.75, 3.05) is 0 Å². The van der Waals surface area contributed by atoms with Crippen molar-refractivity contribution >= 4 is 22.4 Å². The van der Waals surface area contributed by atoms with Gasteiger partial charge in [0.25, 0.3) is 0 Å². The Kier molecular flexibility index (Phi) is 3.91. The van der Waals surface area contributed by atoms with Crippen LogP contribution in [0.3, 0.4) is 0 Å². The normalized spacial score (nSPS) is 12.5. The van der Waals surface area contributed by atoms with E-state index in [0.717, 1.165) is 16.3 Å². The summed E-state index contributed by atoms with van der Waals surface area (Å²) in [5, 5.41) is 2.38. The summed E-state index contributed by atoms with van der Waals surface area (Å²) in [4.78, 5) is 0. The van der Waals surface area contributed by atoms with Crippen molar-refractivity contribution < 1.29 is 4.39 Å². The Morgan fingerprint density at radius 3 is 2.52 bits per heavy atom. The van der Waals surface area contributed by atoms with Crippen LogP contribution in [-0.4, -0.2) is 0 Å². The summed E-state index contributed by atoms with van der Waals surface area (Å²) < 4.78 is 14.0. The van der Waals surface area contributed by atoms with Crippen LogP contribution < -0.4 is 5.73 Å². The summed E-state index contributed by atoms with van der Waals surface area (Å²) in [6.45, 7) is 0. The summed E-state index contributed by atoms with van der Waals surface area (Å²) in [5.74, 6) is -0.380. The molecule has 0 saturated heterocycles. The van der Waals surface area contributed by atoms with Crippen LogP contribution in [0.5, 0.6) is 0 Å². The topological polar surface area (TPSA) is 26.0 Å². The molecule has 0 radical (unpaired) electrons. The molecule has 0 aliphatic rings. The standard InChI is InChI=1S/C18H15ClFN/c19-16-10-4-7-13(18(16)20)11-17(21)15-9-3-6-12-5-1-2-8-14(12)15/h1-10,17H,11,21H2. The molecule has 3 aromatic rings. The SMILES string of the molecule is NC(Cc1cccc(Cl)c1F)c1cccc2ccccc12. The Balaban J connectivity index is 1.97. The number of nitrogens with two attached hydrogens (primary N) is 1. The van der Waals surface area contributed by atoms with Crippen LogP contribution in [0.15, 0.2) is 60.7 Å². The van der Waals surface area contributed by atoms with E-state index in [1.165, 1.54) is 0 Å². The lowest BCUT2D eigenvalue weighted by Crippen LogP contribution is -2.14. The van der Waals surface area contributed by atoms with Gasteiger partial charge in [0, 0.05) is 6.04 Å². The molecule has 0 aromatic heterocycles. The molecule has 2 N–H and O–H groups in total. The Bertz CT molecular complexity index is 780. The molecule has 3 rings (SSSR count). The lowest BCUT2D eigenvalue weighted by Gasteiger charge is -2.15. The summed E-state index contributed by atoms with van der Waals surface area (Å²) in [7, 11) is 0. The zero-order chi connectivity index (χ0) is 14.8. The van der Waals surface area contributed by atoms with Crippen LogP contribution >= 0.6 is 11.6 Å². The molecule has 0 aliphatic heterocycles. The summed E-state index contributed by atoms with van der Waals surface area (Å²) in [6.07, 6.45) is 0.417. The van der Waals surface area contributed by atoms with E-state index in [2.05, 4.69) is 0 Å². The van der Waals surface area contributed by atoms with E-state index < -0.39 is 0 Å². The number of rotatable bonds is 3. The van der Waals surface area contributed by atoms with E-state index in [-0.39, 0.29) is 16.9 Å². The maximum atomic E-state index is 14.0. The van der Waals surface area contributed by atoms with Gasteiger partial charge in [-0.25, -0.2) is 4.39 Å². The second-order valence-electron chi connectivity index (χ2n) is 5.09. The van der Waals surface area contributed by atoms with Crippen LogP contribution in [-0.2, 0) is 6.42 Å². The number of benzene rings is 3. The highest BCUT2D eigenvalue weighted by Crippen LogP contribution is 2.27. The van der Waals surface area contributed by atoms with Crippen LogP contribution in [0.2, 0.25) is 5.02 Å². The van der Waals surface area contributed by atoms with E-state index >= 15 is 0 Å². The molecule has 1 nitrogen and oxygen atoms in total. The molecular weight excluding hydrogens is 285 g/mol. The fourth-order valence-electron chi connectivity index (χ4n) is 2.63. The molecule has 21 heavy (non-hydrogen) atoms. The number of hydrogen-bond donors (Lipinski definition) is 1. The van der Waals surface area contributed by atoms with E-state index in [4.69, 9.17) is 17.3 Å². The molecule has 3 heteroatoms. The third kappa shape index (κ3) is 2.78.